The monoisotopic (exact) mass is 601 g/mol. The van der Waals surface area contributed by atoms with E-state index < -0.39 is 11.8 Å². The summed E-state index contributed by atoms with van der Waals surface area (Å²) in [7, 11) is 3.77. The lowest BCUT2D eigenvalue weighted by atomic mass is 10.1. The molecule has 5 aromatic rings. The van der Waals surface area contributed by atoms with Crippen LogP contribution in [0.2, 0.25) is 0 Å². The second-order valence-corrected chi connectivity index (χ2v) is 10.3. The molecule has 0 aliphatic carbocycles. The summed E-state index contributed by atoms with van der Waals surface area (Å²) in [4.78, 5) is 50.8. The number of nitrogens with two attached hydrogens (primary N) is 1. The molecule has 11 nitrogen and oxygen atoms in total. The molecular weight excluding hydrogens is 570 g/mol. The van der Waals surface area contributed by atoms with Crippen molar-refractivity contribution in [2.45, 2.75) is 0 Å². The number of carbonyl (C=O) groups excluding carboxylic acids is 4. The first-order valence-corrected chi connectivity index (χ1v) is 13.9. The van der Waals surface area contributed by atoms with Crippen molar-refractivity contribution in [3.63, 3.8) is 0 Å². The summed E-state index contributed by atoms with van der Waals surface area (Å²) in [6.45, 7) is 0. The molecule has 5 rings (SSSR count). The van der Waals surface area contributed by atoms with Gasteiger partial charge in [-0.3, -0.25) is 19.2 Å². The highest BCUT2D eigenvalue weighted by atomic mass is 16.2. The van der Waals surface area contributed by atoms with Crippen molar-refractivity contribution in [3.8, 4) is 0 Å². The molecular formula is C34H31N7O4+2. The minimum absolute atomic E-state index is 0.119. The van der Waals surface area contributed by atoms with Crippen LogP contribution in [0, 0.1) is 0 Å². The third-order valence-corrected chi connectivity index (χ3v) is 6.84. The van der Waals surface area contributed by atoms with E-state index >= 15 is 0 Å². The summed E-state index contributed by atoms with van der Waals surface area (Å²) >= 11 is 0. The first-order valence-electron chi connectivity index (χ1n) is 13.9. The van der Waals surface area contributed by atoms with Crippen LogP contribution in [0.1, 0.15) is 41.4 Å². The topological polar surface area (TPSA) is 150 Å². The maximum absolute atomic E-state index is 12.9. The Hall–Kier alpha value is -6.36. The number of hydrogen-bond acceptors (Lipinski definition) is 5. The van der Waals surface area contributed by atoms with Crippen LogP contribution >= 0.6 is 0 Å². The molecule has 45 heavy (non-hydrogen) atoms. The Balaban J connectivity index is 1.16. The fraction of sp³-hybridized carbons (Fsp3) is 0.0588. The van der Waals surface area contributed by atoms with E-state index in [1.54, 1.807) is 72.8 Å². The molecule has 0 spiro atoms. The van der Waals surface area contributed by atoms with Crippen LogP contribution in [0.25, 0.3) is 0 Å². The number of benzene rings is 3. The summed E-state index contributed by atoms with van der Waals surface area (Å²) in [6, 6.07) is 24.5. The normalized spacial score (nSPS) is 10.4. The standard InChI is InChI=1S/C34H29N7O4/c1-40-17-13-27(14-18-40)37-31(42)22-3-8-25(9-4-22)36-33(44)24-7-12-29(30(35)21-24)34(45)39-26-10-5-23(6-11-26)32(43)38-28-15-19-41(2)20-16-28/h3-21H,1-2H3,(H4,35,36,39,42,43,44,45)/p+2. The Morgan fingerprint density at radius 2 is 0.800 bits per heavy atom. The predicted octanol–water partition coefficient (Wildman–Crippen LogP) is 3.93. The number of rotatable bonds is 8. The van der Waals surface area contributed by atoms with Gasteiger partial charge in [-0.05, 0) is 66.7 Å². The lowest BCUT2D eigenvalue weighted by molar-refractivity contribution is -0.671. The summed E-state index contributed by atoms with van der Waals surface area (Å²) in [5.74, 6) is -1.45. The number of pyridine rings is 2. The molecule has 2 heterocycles. The lowest BCUT2D eigenvalue weighted by Gasteiger charge is -2.11. The number of nitrogen functional groups attached to an aromatic ring is 1. The van der Waals surface area contributed by atoms with E-state index in [9.17, 15) is 19.2 Å². The van der Waals surface area contributed by atoms with Crippen LogP contribution in [0.5, 0.6) is 0 Å². The van der Waals surface area contributed by atoms with Crippen molar-refractivity contribution in [3.05, 3.63) is 138 Å². The van der Waals surface area contributed by atoms with Crippen LogP contribution in [0.15, 0.2) is 116 Å². The van der Waals surface area contributed by atoms with Crippen molar-refractivity contribution in [2.75, 3.05) is 27.0 Å². The molecule has 0 saturated heterocycles. The van der Waals surface area contributed by atoms with Gasteiger partial charge in [-0.25, -0.2) is 9.13 Å². The van der Waals surface area contributed by atoms with Gasteiger partial charge in [-0.2, -0.15) is 0 Å². The van der Waals surface area contributed by atoms with Gasteiger partial charge in [0.25, 0.3) is 23.6 Å². The minimum atomic E-state index is -0.466. The fourth-order valence-electron chi connectivity index (χ4n) is 4.30. The number of aryl methyl sites for hydroxylation is 2. The van der Waals surface area contributed by atoms with Crippen LogP contribution < -0.4 is 36.1 Å². The van der Waals surface area contributed by atoms with Crippen LogP contribution in [-0.2, 0) is 14.1 Å². The third-order valence-electron chi connectivity index (χ3n) is 6.84. The van der Waals surface area contributed by atoms with E-state index in [0.717, 1.165) is 0 Å². The highest BCUT2D eigenvalue weighted by Gasteiger charge is 2.15. The number of nitrogens with one attached hydrogen (secondary N) is 4. The average Bonchev–Trinajstić information content (AvgIpc) is 3.03. The van der Waals surface area contributed by atoms with Gasteiger partial charge in [0.2, 0.25) is 0 Å². The molecule has 6 N–H and O–H groups in total. The Morgan fingerprint density at radius 1 is 0.467 bits per heavy atom. The molecule has 0 bridgehead atoms. The summed E-state index contributed by atoms with van der Waals surface area (Å²) in [5, 5.41) is 11.2. The van der Waals surface area contributed by atoms with Crippen molar-refractivity contribution >= 4 is 52.1 Å². The van der Waals surface area contributed by atoms with E-state index in [-0.39, 0.29) is 28.6 Å². The van der Waals surface area contributed by atoms with Gasteiger partial charge in [0.1, 0.15) is 14.1 Å². The zero-order valence-corrected chi connectivity index (χ0v) is 24.6. The van der Waals surface area contributed by atoms with Gasteiger partial charge in [0.05, 0.1) is 16.9 Å². The Morgan fingerprint density at radius 3 is 1.20 bits per heavy atom. The van der Waals surface area contributed by atoms with Gasteiger partial charge in [0.15, 0.2) is 24.8 Å². The number of nitrogens with zero attached hydrogens (tertiary/aromatic N) is 2. The zero-order chi connectivity index (χ0) is 31.9. The Labute approximate surface area is 259 Å². The van der Waals surface area contributed by atoms with Crippen LogP contribution in [0.4, 0.5) is 28.4 Å². The Bertz CT molecular complexity index is 1870. The predicted molar refractivity (Wildman–Crippen MR) is 171 cm³/mol. The lowest BCUT2D eigenvalue weighted by Crippen LogP contribution is -2.26. The molecule has 11 heteroatoms. The first-order chi connectivity index (χ1) is 21.6. The SMILES string of the molecule is C[n+]1ccc(NC(=O)c2ccc(NC(=O)c3ccc(C(=O)Nc4ccc(C(=O)Nc5cc[n+](C)cc5)cc4)c(N)c3)cc2)cc1. The van der Waals surface area contributed by atoms with E-state index in [2.05, 4.69) is 21.3 Å². The number of anilines is 5. The maximum Gasteiger partial charge on any atom is 0.257 e. The molecule has 4 amide bonds. The average molecular weight is 602 g/mol. The van der Waals surface area contributed by atoms with Gasteiger partial charge < -0.3 is 27.0 Å². The van der Waals surface area contributed by atoms with Gasteiger partial charge >= 0.3 is 0 Å². The van der Waals surface area contributed by atoms with Gasteiger partial charge in [-0.1, -0.05) is 0 Å². The number of hydrogen-bond donors (Lipinski definition) is 5. The van der Waals surface area contributed by atoms with E-state index in [4.69, 9.17) is 5.73 Å². The molecule has 0 atom stereocenters. The highest BCUT2D eigenvalue weighted by Crippen LogP contribution is 2.20. The molecule has 0 radical (unpaired) electrons. The summed E-state index contributed by atoms with van der Waals surface area (Å²) < 4.78 is 3.72. The fourth-order valence-corrected chi connectivity index (χ4v) is 4.30. The Kier molecular flexibility index (Phi) is 8.90. The molecule has 0 unspecified atom stereocenters. The first kappa shape index (κ1) is 30.1. The van der Waals surface area contributed by atoms with Crippen LogP contribution in [0.3, 0.4) is 0 Å². The van der Waals surface area contributed by atoms with Gasteiger partial charge in [-0.15, -0.1) is 0 Å². The molecule has 0 saturated carbocycles. The number of aromatic nitrogens is 2. The second kappa shape index (κ2) is 13.3. The van der Waals surface area contributed by atoms with E-state index in [1.165, 1.54) is 18.2 Å². The second-order valence-electron chi connectivity index (χ2n) is 10.3. The van der Waals surface area contributed by atoms with Crippen molar-refractivity contribution in [1.82, 2.24) is 0 Å². The summed E-state index contributed by atoms with van der Waals surface area (Å²) in [5.41, 5.74) is 9.85. The molecule has 0 aliphatic heterocycles. The number of amides is 4. The van der Waals surface area contributed by atoms with E-state index in [1.807, 2.05) is 48.0 Å². The van der Waals surface area contributed by atoms with Gasteiger partial charge in [0, 0.05) is 58.0 Å². The molecule has 0 fully saturated rings. The maximum atomic E-state index is 12.9. The van der Waals surface area contributed by atoms with Crippen molar-refractivity contribution in [2.24, 2.45) is 14.1 Å². The largest absolute Gasteiger partial charge is 0.398 e. The minimum Gasteiger partial charge on any atom is -0.398 e. The zero-order valence-electron chi connectivity index (χ0n) is 24.6. The van der Waals surface area contributed by atoms with Crippen molar-refractivity contribution in [1.29, 1.82) is 0 Å². The van der Waals surface area contributed by atoms with Crippen molar-refractivity contribution < 1.29 is 28.3 Å². The molecule has 224 valence electrons. The van der Waals surface area contributed by atoms with Crippen LogP contribution in [-0.4, -0.2) is 23.6 Å². The quantitative estimate of drug-likeness (QED) is 0.135. The molecule has 2 aromatic heterocycles. The summed E-state index contributed by atoms with van der Waals surface area (Å²) in [6.07, 6.45) is 7.31. The highest BCUT2D eigenvalue weighted by molar-refractivity contribution is 6.11. The smallest absolute Gasteiger partial charge is 0.257 e. The van der Waals surface area contributed by atoms with E-state index in [0.29, 0.717) is 33.9 Å². The molecule has 0 aliphatic rings. The molecule has 3 aromatic carbocycles. The third kappa shape index (κ3) is 7.73. The number of carbonyl (C=O) groups is 4.